The van der Waals surface area contributed by atoms with Gasteiger partial charge in [-0.05, 0) is 86.5 Å². The fourth-order valence-electron chi connectivity index (χ4n) is 3.89. The van der Waals surface area contributed by atoms with E-state index in [-0.39, 0.29) is 16.4 Å². The van der Waals surface area contributed by atoms with Gasteiger partial charge in [-0.25, -0.2) is 9.29 Å². The van der Waals surface area contributed by atoms with Crippen LogP contribution in [0.3, 0.4) is 0 Å². The molecule has 0 spiro atoms. The lowest BCUT2D eigenvalue weighted by Gasteiger charge is -2.29. The Labute approximate surface area is 220 Å². The van der Waals surface area contributed by atoms with Gasteiger partial charge < -0.3 is 4.74 Å². The molecule has 1 fully saturated rings. The van der Waals surface area contributed by atoms with Crippen molar-refractivity contribution in [1.29, 1.82) is 0 Å². The minimum atomic E-state index is -0.707. The average Bonchev–Trinajstić information content (AvgIpc) is 2.87. The largest absolute Gasteiger partial charge is 0.488 e. The number of hydrogen-bond donors (Lipinski definition) is 1. The molecule has 36 heavy (non-hydrogen) atoms. The maximum absolute atomic E-state index is 14.3. The highest BCUT2D eigenvalue weighted by Crippen LogP contribution is 2.29. The number of ether oxygens (including phenoxy) is 1. The van der Waals surface area contributed by atoms with Crippen molar-refractivity contribution in [1.82, 2.24) is 5.32 Å². The zero-order valence-electron chi connectivity index (χ0n) is 18.7. The maximum atomic E-state index is 14.3. The van der Waals surface area contributed by atoms with Gasteiger partial charge in [-0.1, -0.05) is 54.6 Å². The van der Waals surface area contributed by atoms with Gasteiger partial charge in [0.1, 0.15) is 23.7 Å². The highest BCUT2D eigenvalue weighted by molar-refractivity contribution is 9.10. The van der Waals surface area contributed by atoms with E-state index < -0.39 is 17.6 Å². The lowest BCUT2D eigenvalue weighted by molar-refractivity contribution is -0.122. The SMILES string of the molecule is O=C1NC(=S)N(c2ccccc2F)C(=O)/C1=C\c1ccc(OCc2ccc3ccccc3c2)c(Br)c1. The first-order valence-corrected chi connectivity index (χ1v) is 12.2. The summed E-state index contributed by atoms with van der Waals surface area (Å²) in [5.41, 5.74) is 1.42. The molecule has 0 unspecified atom stereocenters. The van der Waals surface area contributed by atoms with Crippen LogP contribution in [0.25, 0.3) is 16.8 Å². The molecule has 0 radical (unpaired) electrons. The molecule has 178 valence electrons. The number of halogens is 2. The van der Waals surface area contributed by atoms with Gasteiger partial charge in [0.25, 0.3) is 11.8 Å². The van der Waals surface area contributed by atoms with Gasteiger partial charge in [0.2, 0.25) is 0 Å². The van der Waals surface area contributed by atoms with E-state index in [1.165, 1.54) is 24.3 Å². The lowest BCUT2D eigenvalue weighted by Crippen LogP contribution is -2.54. The van der Waals surface area contributed by atoms with E-state index in [0.717, 1.165) is 21.2 Å². The third-order valence-corrected chi connectivity index (χ3v) is 6.57. The van der Waals surface area contributed by atoms with Crippen LogP contribution >= 0.6 is 28.1 Å². The molecule has 0 bridgehead atoms. The predicted octanol–water partition coefficient (Wildman–Crippen LogP) is 6.15. The van der Waals surface area contributed by atoms with Crippen molar-refractivity contribution in [3.05, 3.63) is 112 Å². The van der Waals surface area contributed by atoms with E-state index in [1.807, 2.05) is 18.2 Å². The first kappa shape index (κ1) is 23.8. The summed E-state index contributed by atoms with van der Waals surface area (Å²) in [7, 11) is 0. The predicted molar refractivity (Wildman–Crippen MR) is 145 cm³/mol. The normalized spacial score (nSPS) is 14.9. The number of rotatable bonds is 5. The van der Waals surface area contributed by atoms with Crippen LogP contribution in [0.4, 0.5) is 10.1 Å². The highest BCUT2D eigenvalue weighted by atomic mass is 79.9. The number of nitrogens with one attached hydrogen (secondary N) is 1. The molecule has 8 heteroatoms. The second-order valence-electron chi connectivity index (χ2n) is 8.07. The molecule has 1 heterocycles. The minimum Gasteiger partial charge on any atom is -0.488 e. The van der Waals surface area contributed by atoms with Crippen molar-refractivity contribution >= 4 is 67.6 Å². The molecule has 0 saturated carbocycles. The molecular formula is C28H18BrFN2O3S. The van der Waals surface area contributed by atoms with E-state index in [2.05, 4.69) is 45.5 Å². The van der Waals surface area contributed by atoms with Gasteiger partial charge in [0, 0.05) is 0 Å². The van der Waals surface area contributed by atoms with Crippen molar-refractivity contribution in [3.63, 3.8) is 0 Å². The number of para-hydroxylation sites is 1. The second-order valence-corrected chi connectivity index (χ2v) is 9.31. The first-order chi connectivity index (χ1) is 17.4. The number of anilines is 1. The Bertz CT molecular complexity index is 1570. The van der Waals surface area contributed by atoms with E-state index >= 15 is 0 Å². The zero-order chi connectivity index (χ0) is 25.2. The summed E-state index contributed by atoms with van der Waals surface area (Å²) in [6, 6.07) is 25.2. The lowest BCUT2D eigenvalue weighted by atomic mass is 10.1. The molecule has 1 saturated heterocycles. The topological polar surface area (TPSA) is 58.6 Å². The number of carbonyl (C=O) groups is 2. The monoisotopic (exact) mass is 560 g/mol. The average molecular weight is 561 g/mol. The summed E-state index contributed by atoms with van der Waals surface area (Å²) in [6.07, 6.45) is 1.44. The number of amides is 2. The van der Waals surface area contributed by atoms with Crippen LogP contribution < -0.4 is 15.0 Å². The number of benzene rings is 4. The molecule has 5 nitrogen and oxygen atoms in total. The molecular weight excluding hydrogens is 543 g/mol. The van der Waals surface area contributed by atoms with Crippen LogP contribution in [-0.4, -0.2) is 16.9 Å². The van der Waals surface area contributed by atoms with Crippen LogP contribution in [0.1, 0.15) is 11.1 Å². The van der Waals surface area contributed by atoms with Gasteiger partial charge in [0.15, 0.2) is 5.11 Å². The van der Waals surface area contributed by atoms with E-state index in [9.17, 15) is 14.0 Å². The summed E-state index contributed by atoms with van der Waals surface area (Å²) in [5.74, 6) is -1.37. The third-order valence-electron chi connectivity index (χ3n) is 5.67. The number of nitrogens with zero attached hydrogens (tertiary/aromatic N) is 1. The molecule has 2 amide bonds. The van der Waals surface area contributed by atoms with Gasteiger partial charge in [-0.3, -0.25) is 14.9 Å². The molecule has 0 aliphatic carbocycles. The standard InChI is InChI=1S/C28H18BrFN2O3S/c29-22-15-17(10-12-25(22)35-16-18-9-11-19-5-1-2-6-20(19)13-18)14-21-26(33)31-28(36)32(27(21)34)24-8-4-3-7-23(24)30/h1-15H,16H2,(H,31,33,36)/b21-14-. The molecule has 1 aliphatic rings. The zero-order valence-corrected chi connectivity index (χ0v) is 21.1. The van der Waals surface area contributed by atoms with E-state index in [0.29, 0.717) is 22.4 Å². The molecule has 5 rings (SSSR count). The fourth-order valence-corrected chi connectivity index (χ4v) is 4.67. The summed E-state index contributed by atoms with van der Waals surface area (Å²) >= 11 is 8.63. The number of hydrogen-bond acceptors (Lipinski definition) is 4. The Balaban J connectivity index is 1.36. The fraction of sp³-hybridized carbons (Fsp3) is 0.0357. The molecule has 1 N–H and O–H groups in total. The molecule has 4 aromatic carbocycles. The van der Waals surface area contributed by atoms with Crippen LogP contribution in [-0.2, 0) is 16.2 Å². The first-order valence-electron chi connectivity index (χ1n) is 11.0. The van der Waals surface area contributed by atoms with E-state index in [1.54, 1.807) is 24.3 Å². The van der Waals surface area contributed by atoms with Crippen LogP contribution in [0, 0.1) is 5.82 Å². The molecule has 0 atom stereocenters. The minimum absolute atomic E-state index is 0.0305. The van der Waals surface area contributed by atoms with Crippen LogP contribution in [0.5, 0.6) is 5.75 Å². The van der Waals surface area contributed by atoms with Gasteiger partial charge in [-0.2, -0.15) is 0 Å². The van der Waals surface area contributed by atoms with Crippen molar-refractivity contribution in [3.8, 4) is 5.75 Å². The molecule has 4 aromatic rings. The Morgan fingerprint density at radius 1 is 0.944 bits per heavy atom. The van der Waals surface area contributed by atoms with E-state index in [4.69, 9.17) is 17.0 Å². The summed E-state index contributed by atoms with van der Waals surface area (Å²) in [4.78, 5) is 26.6. The van der Waals surface area contributed by atoms with Crippen LogP contribution in [0.15, 0.2) is 95.0 Å². The smallest absolute Gasteiger partial charge is 0.270 e. The summed E-state index contributed by atoms with van der Waals surface area (Å²) in [6.45, 7) is 0.375. The summed E-state index contributed by atoms with van der Waals surface area (Å²) < 4.78 is 21.0. The highest BCUT2D eigenvalue weighted by Gasteiger charge is 2.35. The maximum Gasteiger partial charge on any atom is 0.270 e. The Hall–Kier alpha value is -3.88. The Morgan fingerprint density at radius 3 is 2.47 bits per heavy atom. The summed E-state index contributed by atoms with van der Waals surface area (Å²) in [5, 5.41) is 4.58. The van der Waals surface area contributed by atoms with Gasteiger partial charge in [0.05, 0.1) is 10.2 Å². The number of fused-ring (bicyclic) bond motifs is 1. The van der Waals surface area contributed by atoms with Gasteiger partial charge >= 0.3 is 0 Å². The Kier molecular flexibility index (Phi) is 6.63. The van der Waals surface area contributed by atoms with Gasteiger partial charge in [-0.15, -0.1) is 0 Å². The molecule has 0 aromatic heterocycles. The van der Waals surface area contributed by atoms with Crippen LogP contribution in [0.2, 0.25) is 0 Å². The second kappa shape index (κ2) is 10.0. The Morgan fingerprint density at radius 2 is 1.69 bits per heavy atom. The molecule has 1 aliphatic heterocycles. The number of thiocarbonyl (C=S) groups is 1. The van der Waals surface area contributed by atoms with Crippen molar-refractivity contribution in [2.24, 2.45) is 0 Å². The van der Waals surface area contributed by atoms with Crippen molar-refractivity contribution in [2.45, 2.75) is 6.61 Å². The quantitative estimate of drug-likeness (QED) is 0.180. The van der Waals surface area contributed by atoms with Crippen molar-refractivity contribution in [2.75, 3.05) is 4.90 Å². The number of carbonyl (C=O) groups excluding carboxylic acids is 2. The third kappa shape index (κ3) is 4.78. The van der Waals surface area contributed by atoms with Crippen molar-refractivity contribution < 1.29 is 18.7 Å².